The number of nitrogens with zero attached hydrogens (tertiary/aromatic N) is 3. The predicted molar refractivity (Wildman–Crippen MR) is 63.1 cm³/mol. The van der Waals surface area contributed by atoms with E-state index in [1.54, 1.807) is 0 Å². The third-order valence-electron chi connectivity index (χ3n) is 3.12. The number of halogens is 1. The van der Waals surface area contributed by atoms with Gasteiger partial charge in [-0.05, 0) is 0 Å². The van der Waals surface area contributed by atoms with Crippen LogP contribution >= 0.6 is 0 Å². The number of rotatable bonds is 2. The van der Waals surface area contributed by atoms with Gasteiger partial charge >= 0.3 is 0 Å². The first-order chi connectivity index (χ1) is 9.02. The molecule has 1 saturated heterocycles. The Labute approximate surface area is 106 Å². The second-order valence-electron chi connectivity index (χ2n) is 4.55. The van der Waals surface area contributed by atoms with E-state index in [-0.39, 0.29) is 30.1 Å². The molecule has 8 nitrogen and oxygen atoms in total. The number of aromatic amines is 1. The minimum Gasteiger partial charge on any atom is -0.393 e. The highest BCUT2D eigenvalue weighted by atomic mass is 19.1. The molecule has 9 heteroatoms. The number of imidazole rings is 1. The smallest absolute Gasteiger partial charge is 0.280 e. The molecule has 1 aliphatic heterocycles. The van der Waals surface area contributed by atoms with E-state index < -0.39 is 24.1 Å². The zero-order valence-corrected chi connectivity index (χ0v) is 9.84. The lowest BCUT2D eigenvalue weighted by atomic mass is 10.1. The third-order valence-corrected chi connectivity index (χ3v) is 3.12. The van der Waals surface area contributed by atoms with Gasteiger partial charge in [0, 0.05) is 6.42 Å². The highest BCUT2D eigenvalue weighted by Crippen LogP contribution is 2.34. The molecule has 0 bridgehead atoms. The lowest BCUT2D eigenvalue weighted by Gasteiger charge is -2.14. The first-order valence-corrected chi connectivity index (χ1v) is 5.66. The Kier molecular flexibility index (Phi) is 2.54. The monoisotopic (exact) mass is 269 g/mol. The molecule has 19 heavy (non-hydrogen) atoms. The van der Waals surface area contributed by atoms with Gasteiger partial charge < -0.3 is 15.6 Å². The highest BCUT2D eigenvalue weighted by molar-refractivity contribution is 5.70. The lowest BCUT2D eigenvalue weighted by Crippen LogP contribution is -2.27. The van der Waals surface area contributed by atoms with Crippen molar-refractivity contribution in [3.8, 4) is 0 Å². The molecule has 0 saturated carbocycles. The molecule has 0 amide bonds. The SMILES string of the molecule is Nc1nc2c(ncn2[C@H]2C[C@](F)(CO)CO2)c(=O)[nH]1. The van der Waals surface area contributed by atoms with E-state index in [0.717, 1.165) is 0 Å². The van der Waals surface area contributed by atoms with Crippen LogP contribution in [0, 0.1) is 0 Å². The first kappa shape index (κ1) is 12.1. The van der Waals surface area contributed by atoms with Crippen LogP contribution in [0.1, 0.15) is 12.6 Å². The Morgan fingerprint density at radius 3 is 3.21 bits per heavy atom. The molecular weight excluding hydrogens is 257 g/mol. The van der Waals surface area contributed by atoms with Gasteiger partial charge in [0.2, 0.25) is 5.95 Å². The molecule has 3 heterocycles. The van der Waals surface area contributed by atoms with Crippen LogP contribution in [-0.2, 0) is 4.74 Å². The number of nitrogens with two attached hydrogens (primary N) is 1. The number of alkyl halides is 1. The van der Waals surface area contributed by atoms with Crippen LogP contribution in [0.2, 0.25) is 0 Å². The summed E-state index contributed by atoms with van der Waals surface area (Å²) in [6, 6.07) is 0. The van der Waals surface area contributed by atoms with Gasteiger partial charge in [0.1, 0.15) is 6.23 Å². The Balaban J connectivity index is 2.05. The van der Waals surface area contributed by atoms with E-state index in [1.165, 1.54) is 10.9 Å². The average Bonchev–Trinajstić information content (AvgIpc) is 2.94. The fraction of sp³-hybridized carbons (Fsp3) is 0.500. The summed E-state index contributed by atoms with van der Waals surface area (Å²) in [5, 5.41) is 8.97. The molecule has 4 N–H and O–H groups in total. The van der Waals surface area contributed by atoms with Crippen molar-refractivity contribution in [2.45, 2.75) is 18.3 Å². The van der Waals surface area contributed by atoms with Crippen LogP contribution in [0.5, 0.6) is 0 Å². The van der Waals surface area contributed by atoms with E-state index in [0.29, 0.717) is 0 Å². The van der Waals surface area contributed by atoms with Crippen LogP contribution in [0.3, 0.4) is 0 Å². The van der Waals surface area contributed by atoms with Gasteiger partial charge in [-0.25, -0.2) is 9.37 Å². The van der Waals surface area contributed by atoms with Crippen LogP contribution in [-0.4, -0.2) is 43.5 Å². The molecule has 0 aromatic carbocycles. The van der Waals surface area contributed by atoms with Gasteiger partial charge in [-0.3, -0.25) is 14.3 Å². The second-order valence-corrected chi connectivity index (χ2v) is 4.55. The highest BCUT2D eigenvalue weighted by Gasteiger charge is 2.41. The number of aliphatic hydroxyl groups excluding tert-OH is 1. The van der Waals surface area contributed by atoms with E-state index >= 15 is 0 Å². The van der Waals surface area contributed by atoms with Crippen molar-refractivity contribution in [2.24, 2.45) is 0 Å². The standard InChI is InChI=1S/C10H12FN5O3/c11-10(2-17)1-5(19-3-10)16-4-13-6-7(16)14-9(12)15-8(6)18/h4-5,17H,1-3H2,(H3,12,14,15,18)/t5-,10+/m1/s1. The molecule has 2 atom stereocenters. The third kappa shape index (κ3) is 1.87. The minimum atomic E-state index is -1.78. The number of nitrogen functional groups attached to an aromatic ring is 1. The van der Waals surface area contributed by atoms with Gasteiger partial charge in [0.15, 0.2) is 16.8 Å². The molecule has 3 rings (SSSR count). The van der Waals surface area contributed by atoms with Gasteiger partial charge in [0.05, 0.1) is 19.5 Å². The molecular formula is C10H12FN5O3. The molecule has 1 aliphatic rings. The number of hydrogen-bond acceptors (Lipinski definition) is 6. The van der Waals surface area contributed by atoms with E-state index in [1.807, 2.05) is 0 Å². The summed E-state index contributed by atoms with van der Waals surface area (Å²) in [6.07, 6.45) is 0.638. The summed E-state index contributed by atoms with van der Waals surface area (Å²) in [7, 11) is 0. The average molecular weight is 269 g/mol. The molecule has 2 aromatic heterocycles. The van der Waals surface area contributed by atoms with Crippen molar-refractivity contribution < 1.29 is 14.2 Å². The van der Waals surface area contributed by atoms with Crippen molar-refractivity contribution in [1.82, 2.24) is 19.5 Å². The first-order valence-electron chi connectivity index (χ1n) is 5.66. The summed E-state index contributed by atoms with van der Waals surface area (Å²) in [5.41, 5.74) is 3.56. The summed E-state index contributed by atoms with van der Waals surface area (Å²) in [4.78, 5) is 21.8. The van der Waals surface area contributed by atoms with Crippen LogP contribution in [0.15, 0.2) is 11.1 Å². The van der Waals surface area contributed by atoms with Crippen molar-refractivity contribution in [3.05, 3.63) is 16.7 Å². The van der Waals surface area contributed by atoms with Gasteiger partial charge in [-0.1, -0.05) is 0 Å². The number of nitrogens with one attached hydrogen (secondary N) is 1. The van der Waals surface area contributed by atoms with E-state index in [9.17, 15) is 9.18 Å². The zero-order chi connectivity index (χ0) is 13.6. The Morgan fingerprint density at radius 1 is 1.74 bits per heavy atom. The minimum absolute atomic E-state index is 0.0383. The van der Waals surface area contributed by atoms with E-state index in [4.69, 9.17) is 15.6 Å². The fourth-order valence-electron chi connectivity index (χ4n) is 2.12. The van der Waals surface area contributed by atoms with Gasteiger partial charge in [0.25, 0.3) is 5.56 Å². The maximum Gasteiger partial charge on any atom is 0.280 e. The lowest BCUT2D eigenvalue weighted by molar-refractivity contribution is 0.0302. The second kappa shape index (κ2) is 4.00. The summed E-state index contributed by atoms with van der Waals surface area (Å²) >= 11 is 0. The molecule has 0 radical (unpaired) electrons. The number of anilines is 1. The summed E-state index contributed by atoms with van der Waals surface area (Å²) in [5.74, 6) is -0.0501. The zero-order valence-electron chi connectivity index (χ0n) is 9.84. The Bertz CT molecular complexity index is 683. The normalized spacial score (nSPS) is 27.2. The van der Waals surface area contributed by atoms with Crippen molar-refractivity contribution in [1.29, 1.82) is 0 Å². The van der Waals surface area contributed by atoms with Crippen LogP contribution < -0.4 is 11.3 Å². The number of aromatic nitrogens is 4. The maximum atomic E-state index is 13.9. The fourth-order valence-corrected chi connectivity index (χ4v) is 2.12. The Hall–Kier alpha value is -2.00. The topological polar surface area (TPSA) is 119 Å². The Morgan fingerprint density at radius 2 is 2.53 bits per heavy atom. The molecule has 1 fully saturated rings. The van der Waals surface area contributed by atoms with Gasteiger partial charge in [-0.2, -0.15) is 4.98 Å². The quantitative estimate of drug-likeness (QED) is 0.664. The van der Waals surface area contributed by atoms with Gasteiger partial charge in [-0.15, -0.1) is 0 Å². The van der Waals surface area contributed by atoms with Crippen LogP contribution in [0.25, 0.3) is 11.2 Å². The van der Waals surface area contributed by atoms with Crippen molar-refractivity contribution in [2.75, 3.05) is 18.9 Å². The molecule has 0 aliphatic carbocycles. The van der Waals surface area contributed by atoms with Crippen LogP contribution in [0.4, 0.5) is 10.3 Å². The number of hydrogen-bond donors (Lipinski definition) is 3. The molecule has 2 aromatic rings. The maximum absolute atomic E-state index is 13.9. The van der Waals surface area contributed by atoms with E-state index in [2.05, 4.69) is 15.0 Å². The number of H-pyrrole nitrogens is 1. The van der Waals surface area contributed by atoms with Crippen molar-refractivity contribution >= 4 is 17.1 Å². The largest absolute Gasteiger partial charge is 0.393 e. The molecule has 0 spiro atoms. The number of aliphatic hydroxyl groups is 1. The number of ether oxygens (including phenoxy) is 1. The molecule has 0 unspecified atom stereocenters. The van der Waals surface area contributed by atoms with Crippen molar-refractivity contribution in [3.63, 3.8) is 0 Å². The summed E-state index contributed by atoms with van der Waals surface area (Å²) in [6.45, 7) is -0.835. The predicted octanol–water partition coefficient (Wildman–Crippen LogP) is -0.679. The molecule has 102 valence electrons. The number of fused-ring (bicyclic) bond motifs is 1. The summed E-state index contributed by atoms with van der Waals surface area (Å²) < 4.78 is 20.6.